The molecule has 2 aromatic rings. The van der Waals surface area contributed by atoms with Crippen molar-refractivity contribution < 1.29 is 22.7 Å². The summed E-state index contributed by atoms with van der Waals surface area (Å²) in [6, 6.07) is 6.46. The summed E-state index contributed by atoms with van der Waals surface area (Å²) >= 11 is 0. The first kappa shape index (κ1) is 21.7. The molecule has 2 fully saturated rings. The van der Waals surface area contributed by atoms with Gasteiger partial charge in [-0.3, -0.25) is 9.89 Å². The number of carbonyl (C=O) groups is 1. The maximum atomic E-state index is 13.5. The van der Waals surface area contributed by atoms with Gasteiger partial charge in [0.15, 0.2) is 5.82 Å². The monoisotopic (exact) mass is 449 g/mol. The first-order chi connectivity index (χ1) is 14.8. The lowest BCUT2D eigenvalue weighted by Crippen LogP contribution is -2.52. The number of piperidine rings is 1. The van der Waals surface area contributed by atoms with Gasteiger partial charge in [-0.05, 0) is 25.5 Å². The van der Waals surface area contributed by atoms with Crippen molar-refractivity contribution in [2.45, 2.75) is 23.7 Å². The highest BCUT2D eigenvalue weighted by Gasteiger charge is 2.56. The summed E-state index contributed by atoms with van der Waals surface area (Å²) in [6.45, 7) is 3.30. The van der Waals surface area contributed by atoms with Crippen LogP contribution >= 0.6 is 0 Å². The Hall–Kier alpha value is -2.50. The standard InChI is InChI=1S/C20H27N5O5S/c1-14-21-19(23-22-14)20-7-8-24(18(26)12-29-2)10-15(20)11-25(13-20)31(27,28)17-6-4-5-16(9-17)30-3/h4-6,9,15H,7-8,10-13H2,1-3H3,(H,21,22,23)/t15-,20-/m1/s1. The topological polar surface area (TPSA) is 118 Å². The number of benzene rings is 1. The van der Waals surface area contributed by atoms with Crippen molar-refractivity contribution in [3.8, 4) is 5.75 Å². The van der Waals surface area contributed by atoms with Gasteiger partial charge in [0, 0.05) is 45.3 Å². The molecule has 1 N–H and O–H groups in total. The molecule has 0 spiro atoms. The molecule has 2 aliphatic heterocycles. The number of ether oxygens (including phenoxy) is 2. The van der Waals surface area contributed by atoms with Crippen molar-refractivity contribution in [1.82, 2.24) is 24.4 Å². The summed E-state index contributed by atoms with van der Waals surface area (Å²) in [4.78, 5) is 18.9. The molecular weight excluding hydrogens is 422 g/mol. The number of likely N-dealkylation sites (tertiary alicyclic amines) is 1. The van der Waals surface area contributed by atoms with Crippen molar-refractivity contribution in [3.63, 3.8) is 0 Å². The SMILES string of the molecule is COCC(=O)N1CC[C@@]2(c3n[nH]c(C)n3)CN(S(=O)(=O)c3cccc(OC)c3)C[C@H]2C1. The predicted octanol–water partition coefficient (Wildman–Crippen LogP) is 0.559. The molecule has 1 aromatic carbocycles. The second-order valence-corrected chi connectivity index (χ2v) is 10.0. The van der Waals surface area contributed by atoms with Gasteiger partial charge in [0.1, 0.15) is 18.2 Å². The molecule has 2 aliphatic rings. The number of methoxy groups -OCH3 is 2. The van der Waals surface area contributed by atoms with Crippen LogP contribution in [0.4, 0.5) is 0 Å². The van der Waals surface area contributed by atoms with E-state index < -0.39 is 15.4 Å². The summed E-state index contributed by atoms with van der Waals surface area (Å²) in [6.07, 6.45) is 0.578. The Balaban J connectivity index is 1.68. The molecule has 10 nitrogen and oxygen atoms in total. The molecule has 1 aromatic heterocycles. The zero-order valence-electron chi connectivity index (χ0n) is 17.9. The zero-order valence-corrected chi connectivity index (χ0v) is 18.7. The minimum atomic E-state index is -3.76. The number of carbonyl (C=O) groups excluding carboxylic acids is 1. The summed E-state index contributed by atoms with van der Waals surface area (Å²) < 4.78 is 38.6. The molecule has 2 atom stereocenters. The summed E-state index contributed by atoms with van der Waals surface area (Å²) in [5, 5.41) is 7.27. The summed E-state index contributed by atoms with van der Waals surface area (Å²) in [7, 11) is -0.768. The fourth-order valence-corrected chi connectivity index (χ4v) is 6.19. The number of hydrogen-bond acceptors (Lipinski definition) is 7. The van der Waals surface area contributed by atoms with Crippen molar-refractivity contribution in [3.05, 3.63) is 35.9 Å². The van der Waals surface area contributed by atoms with E-state index in [-0.39, 0.29) is 36.4 Å². The maximum Gasteiger partial charge on any atom is 0.248 e. The Labute approximate surface area is 181 Å². The number of sulfonamides is 1. The van der Waals surface area contributed by atoms with Gasteiger partial charge in [0.05, 0.1) is 17.4 Å². The lowest BCUT2D eigenvalue weighted by molar-refractivity contribution is -0.137. The molecule has 168 valence electrons. The van der Waals surface area contributed by atoms with Gasteiger partial charge >= 0.3 is 0 Å². The molecule has 2 saturated heterocycles. The fourth-order valence-electron chi connectivity index (χ4n) is 4.60. The van der Waals surface area contributed by atoms with Crippen LogP contribution in [0.15, 0.2) is 29.2 Å². The van der Waals surface area contributed by atoms with Crippen LogP contribution in [-0.4, -0.2) is 85.7 Å². The highest BCUT2D eigenvalue weighted by Crippen LogP contribution is 2.45. The van der Waals surface area contributed by atoms with E-state index in [1.54, 1.807) is 23.1 Å². The molecule has 3 heterocycles. The number of fused-ring (bicyclic) bond motifs is 1. The van der Waals surface area contributed by atoms with E-state index in [1.165, 1.54) is 24.6 Å². The predicted molar refractivity (Wildman–Crippen MR) is 111 cm³/mol. The largest absolute Gasteiger partial charge is 0.497 e. The second kappa shape index (κ2) is 8.21. The van der Waals surface area contributed by atoms with Crippen LogP contribution in [0, 0.1) is 12.8 Å². The van der Waals surface area contributed by atoms with Crippen LogP contribution in [0.3, 0.4) is 0 Å². The number of nitrogens with one attached hydrogen (secondary N) is 1. The molecule has 4 rings (SSSR count). The Bertz CT molecular complexity index is 1070. The molecule has 0 aliphatic carbocycles. The summed E-state index contributed by atoms with van der Waals surface area (Å²) in [5.41, 5.74) is -0.555. The van der Waals surface area contributed by atoms with Gasteiger partial charge in [0.2, 0.25) is 15.9 Å². The van der Waals surface area contributed by atoms with Gasteiger partial charge in [-0.1, -0.05) is 6.07 Å². The van der Waals surface area contributed by atoms with Crippen LogP contribution in [-0.2, 0) is 25.0 Å². The average molecular weight is 450 g/mol. The Morgan fingerprint density at radius 3 is 2.81 bits per heavy atom. The fraction of sp³-hybridized carbons (Fsp3) is 0.550. The number of hydrogen-bond donors (Lipinski definition) is 1. The molecular formula is C20H27N5O5S. The van der Waals surface area contributed by atoms with E-state index in [1.807, 2.05) is 6.92 Å². The number of aromatic amines is 1. The average Bonchev–Trinajstić information content (AvgIpc) is 3.38. The van der Waals surface area contributed by atoms with Crippen molar-refractivity contribution >= 4 is 15.9 Å². The number of aromatic nitrogens is 3. The first-order valence-corrected chi connectivity index (χ1v) is 11.5. The Morgan fingerprint density at radius 2 is 2.13 bits per heavy atom. The normalized spacial score (nSPS) is 24.2. The molecule has 0 radical (unpaired) electrons. The van der Waals surface area contributed by atoms with Crippen LogP contribution < -0.4 is 4.74 Å². The Kier molecular flexibility index (Phi) is 5.75. The highest BCUT2D eigenvalue weighted by atomic mass is 32.2. The van der Waals surface area contributed by atoms with Crippen LogP contribution in [0.2, 0.25) is 0 Å². The number of aryl methyl sites for hydroxylation is 1. The highest BCUT2D eigenvalue weighted by molar-refractivity contribution is 7.89. The van der Waals surface area contributed by atoms with Gasteiger partial charge in [-0.25, -0.2) is 13.4 Å². The van der Waals surface area contributed by atoms with E-state index in [9.17, 15) is 13.2 Å². The molecule has 1 amide bonds. The van der Waals surface area contributed by atoms with E-state index in [4.69, 9.17) is 9.47 Å². The molecule has 0 bridgehead atoms. The van der Waals surface area contributed by atoms with E-state index >= 15 is 0 Å². The van der Waals surface area contributed by atoms with Gasteiger partial charge in [-0.2, -0.15) is 9.40 Å². The van der Waals surface area contributed by atoms with Crippen molar-refractivity contribution in [2.24, 2.45) is 5.92 Å². The first-order valence-electron chi connectivity index (χ1n) is 10.1. The van der Waals surface area contributed by atoms with Crippen molar-refractivity contribution in [2.75, 3.05) is 47.0 Å². The molecule has 0 saturated carbocycles. The molecule has 11 heteroatoms. The van der Waals surface area contributed by atoms with Crippen LogP contribution in [0.5, 0.6) is 5.75 Å². The third-order valence-corrected chi connectivity index (χ3v) is 8.08. The second-order valence-electron chi connectivity index (χ2n) is 8.10. The number of rotatable bonds is 6. The lowest BCUT2D eigenvalue weighted by atomic mass is 9.72. The number of H-pyrrole nitrogens is 1. The minimum absolute atomic E-state index is 0.00526. The van der Waals surface area contributed by atoms with Crippen LogP contribution in [0.1, 0.15) is 18.1 Å². The van der Waals surface area contributed by atoms with Gasteiger partial charge < -0.3 is 14.4 Å². The molecule has 0 unspecified atom stereocenters. The maximum absolute atomic E-state index is 13.5. The van der Waals surface area contributed by atoms with E-state index in [0.717, 1.165) is 0 Å². The quantitative estimate of drug-likeness (QED) is 0.685. The zero-order chi connectivity index (χ0) is 22.2. The van der Waals surface area contributed by atoms with Crippen LogP contribution in [0.25, 0.3) is 0 Å². The van der Waals surface area contributed by atoms with Crippen molar-refractivity contribution in [1.29, 1.82) is 0 Å². The third-order valence-electron chi connectivity index (χ3n) is 6.27. The smallest absolute Gasteiger partial charge is 0.248 e. The summed E-state index contributed by atoms with van der Waals surface area (Å²) in [5.74, 6) is 1.54. The minimum Gasteiger partial charge on any atom is -0.497 e. The number of amides is 1. The molecule has 31 heavy (non-hydrogen) atoms. The van der Waals surface area contributed by atoms with Gasteiger partial charge in [-0.15, -0.1) is 0 Å². The Morgan fingerprint density at radius 1 is 1.32 bits per heavy atom. The van der Waals surface area contributed by atoms with Gasteiger partial charge in [0.25, 0.3) is 0 Å². The van der Waals surface area contributed by atoms with E-state index in [0.29, 0.717) is 36.9 Å². The lowest BCUT2D eigenvalue weighted by Gasteiger charge is -2.41. The third kappa shape index (κ3) is 3.81. The van der Waals surface area contributed by atoms with E-state index in [2.05, 4.69) is 15.2 Å². The number of nitrogens with zero attached hydrogens (tertiary/aromatic N) is 4.